The van der Waals surface area contributed by atoms with Gasteiger partial charge in [-0.15, -0.1) is 0 Å². The zero-order valence-electron chi connectivity index (χ0n) is 17.2. The van der Waals surface area contributed by atoms with Crippen molar-refractivity contribution in [2.75, 3.05) is 44.3 Å². The minimum Gasteiger partial charge on any atom is -0.505 e. The molecule has 1 aromatic heterocycles. The van der Waals surface area contributed by atoms with E-state index in [-0.39, 0.29) is 22.4 Å². The number of H-pyrrole nitrogens is 1. The number of nitrogens with one attached hydrogen (secondary N) is 1. The standard InChI is InChI=1S/C22H25FN4O4/c23-16-2-1-14(13-17(16)28)20(30)26-7-5-22(6-8-26)4-3-15-18(22)24-21(25-19(15)29)27-9-11-31-12-10-27/h1-2,13,28H,3-12H2,(H,24,25,29). The molecule has 2 fully saturated rings. The Kier molecular flexibility index (Phi) is 4.92. The van der Waals surface area contributed by atoms with Gasteiger partial charge < -0.3 is 19.6 Å². The topological polar surface area (TPSA) is 98.8 Å². The van der Waals surface area contributed by atoms with E-state index in [0.29, 0.717) is 51.8 Å². The largest absolute Gasteiger partial charge is 0.505 e. The number of likely N-dealkylation sites (tertiary alicyclic amines) is 1. The van der Waals surface area contributed by atoms with E-state index >= 15 is 0 Å². The molecule has 1 spiro atoms. The Balaban J connectivity index is 1.36. The molecule has 2 aromatic rings. The third kappa shape index (κ3) is 3.46. The number of aromatic hydroxyl groups is 1. The van der Waals surface area contributed by atoms with Gasteiger partial charge in [0.05, 0.1) is 18.9 Å². The molecule has 2 saturated heterocycles. The lowest BCUT2D eigenvalue weighted by molar-refractivity contribution is 0.0663. The van der Waals surface area contributed by atoms with E-state index in [4.69, 9.17) is 9.72 Å². The molecule has 0 saturated carbocycles. The van der Waals surface area contributed by atoms with E-state index in [1.165, 1.54) is 12.1 Å². The van der Waals surface area contributed by atoms with Crippen LogP contribution in [-0.4, -0.2) is 65.3 Å². The van der Waals surface area contributed by atoms with Gasteiger partial charge in [-0.05, 0) is 43.9 Å². The first-order valence-corrected chi connectivity index (χ1v) is 10.7. The monoisotopic (exact) mass is 428 g/mol. The third-order valence-corrected chi connectivity index (χ3v) is 6.87. The number of hydrogen-bond donors (Lipinski definition) is 2. The molecule has 1 aliphatic carbocycles. The van der Waals surface area contributed by atoms with Crippen molar-refractivity contribution in [3.63, 3.8) is 0 Å². The van der Waals surface area contributed by atoms with Crippen LogP contribution in [0.5, 0.6) is 5.75 Å². The number of aromatic nitrogens is 2. The lowest BCUT2D eigenvalue weighted by Crippen LogP contribution is -2.45. The number of anilines is 1. The summed E-state index contributed by atoms with van der Waals surface area (Å²) < 4.78 is 18.7. The van der Waals surface area contributed by atoms with Crippen molar-refractivity contribution < 1.29 is 19.0 Å². The second kappa shape index (κ2) is 7.64. The number of benzene rings is 1. The van der Waals surface area contributed by atoms with Crippen molar-refractivity contribution >= 4 is 11.9 Å². The van der Waals surface area contributed by atoms with Crippen molar-refractivity contribution in [2.24, 2.45) is 0 Å². The summed E-state index contributed by atoms with van der Waals surface area (Å²) in [4.78, 5) is 37.2. The molecule has 3 heterocycles. The Labute approximate surface area is 178 Å². The predicted molar refractivity (Wildman–Crippen MR) is 111 cm³/mol. The molecule has 1 aromatic carbocycles. The smallest absolute Gasteiger partial charge is 0.255 e. The van der Waals surface area contributed by atoms with Crippen LogP contribution in [0.25, 0.3) is 0 Å². The van der Waals surface area contributed by atoms with Crippen molar-refractivity contribution in [2.45, 2.75) is 31.1 Å². The summed E-state index contributed by atoms with van der Waals surface area (Å²) in [6.45, 7) is 3.67. The first-order chi connectivity index (χ1) is 15.0. The summed E-state index contributed by atoms with van der Waals surface area (Å²) in [5.41, 5.74) is 1.64. The van der Waals surface area contributed by atoms with Crippen molar-refractivity contribution in [1.82, 2.24) is 14.9 Å². The van der Waals surface area contributed by atoms with E-state index in [1.54, 1.807) is 4.90 Å². The van der Waals surface area contributed by atoms with Crippen molar-refractivity contribution in [3.8, 4) is 5.75 Å². The highest BCUT2D eigenvalue weighted by Gasteiger charge is 2.45. The molecule has 164 valence electrons. The van der Waals surface area contributed by atoms with E-state index in [9.17, 15) is 19.1 Å². The summed E-state index contributed by atoms with van der Waals surface area (Å²) in [6.07, 6.45) is 2.99. The van der Waals surface area contributed by atoms with Gasteiger partial charge in [-0.1, -0.05) is 0 Å². The van der Waals surface area contributed by atoms with Gasteiger partial charge in [0.1, 0.15) is 0 Å². The number of fused-ring (bicyclic) bond motifs is 2. The number of ether oxygens (including phenoxy) is 1. The number of phenolic OH excluding ortho intramolecular Hbond substituents is 1. The SMILES string of the molecule is O=C(c1ccc(F)c(O)c1)N1CCC2(CCc3c2nc(N2CCOCC2)[nH]c3=O)CC1. The number of nitrogens with zero attached hydrogens (tertiary/aromatic N) is 3. The highest BCUT2D eigenvalue weighted by Crippen LogP contribution is 2.44. The number of amides is 1. The fourth-order valence-corrected chi connectivity index (χ4v) is 5.02. The van der Waals surface area contributed by atoms with Crippen molar-refractivity contribution in [1.29, 1.82) is 0 Å². The van der Waals surface area contributed by atoms with Crippen LogP contribution in [-0.2, 0) is 16.6 Å². The second-order valence-corrected chi connectivity index (χ2v) is 8.55. The second-order valence-electron chi connectivity index (χ2n) is 8.55. The first kappa shape index (κ1) is 20.0. The molecule has 0 bridgehead atoms. The number of aromatic amines is 1. The van der Waals surface area contributed by atoms with Crippen molar-refractivity contribution in [3.05, 3.63) is 51.2 Å². The van der Waals surface area contributed by atoms with Gasteiger partial charge in [0.25, 0.3) is 11.5 Å². The predicted octanol–water partition coefficient (Wildman–Crippen LogP) is 1.57. The average Bonchev–Trinajstić information content (AvgIpc) is 3.15. The molecule has 8 nitrogen and oxygen atoms in total. The van der Waals surface area contributed by atoms with Crippen LogP contribution < -0.4 is 10.5 Å². The fraction of sp³-hybridized carbons (Fsp3) is 0.500. The Morgan fingerprint density at radius 2 is 1.90 bits per heavy atom. The Morgan fingerprint density at radius 3 is 2.61 bits per heavy atom. The Hall–Kier alpha value is -2.94. The molecular formula is C22H25FN4O4. The third-order valence-electron chi connectivity index (χ3n) is 6.87. The zero-order chi connectivity index (χ0) is 21.6. The maximum Gasteiger partial charge on any atom is 0.255 e. The number of rotatable bonds is 2. The number of carbonyl (C=O) groups excluding carboxylic acids is 1. The van der Waals surface area contributed by atoms with Gasteiger partial charge in [-0.3, -0.25) is 14.6 Å². The summed E-state index contributed by atoms with van der Waals surface area (Å²) >= 11 is 0. The molecule has 0 atom stereocenters. The van der Waals surface area contributed by atoms with Crippen LogP contribution in [0.4, 0.5) is 10.3 Å². The van der Waals surface area contributed by atoms with Crippen LogP contribution in [0.2, 0.25) is 0 Å². The lowest BCUT2D eigenvalue weighted by atomic mass is 9.76. The highest BCUT2D eigenvalue weighted by molar-refractivity contribution is 5.94. The maximum atomic E-state index is 13.3. The molecule has 0 radical (unpaired) electrons. The normalized spacial score (nSPS) is 20.2. The van der Waals surface area contributed by atoms with E-state index in [2.05, 4.69) is 9.88 Å². The summed E-state index contributed by atoms with van der Waals surface area (Å²) in [7, 11) is 0. The zero-order valence-corrected chi connectivity index (χ0v) is 17.2. The molecule has 2 N–H and O–H groups in total. The van der Waals surface area contributed by atoms with Crippen LogP contribution in [0.15, 0.2) is 23.0 Å². The molecule has 1 amide bonds. The van der Waals surface area contributed by atoms with Crippen LogP contribution in [0, 0.1) is 5.82 Å². The molecule has 0 unspecified atom stereocenters. The van der Waals surface area contributed by atoms with Gasteiger partial charge in [-0.25, -0.2) is 9.37 Å². The van der Waals surface area contributed by atoms with E-state index in [1.807, 2.05) is 0 Å². The number of halogens is 1. The highest BCUT2D eigenvalue weighted by atomic mass is 19.1. The molecule has 2 aliphatic heterocycles. The average molecular weight is 428 g/mol. The minimum atomic E-state index is -0.746. The van der Waals surface area contributed by atoms with Gasteiger partial charge >= 0.3 is 0 Å². The Morgan fingerprint density at radius 1 is 1.16 bits per heavy atom. The summed E-state index contributed by atoms with van der Waals surface area (Å²) in [5.74, 6) is -0.892. The fourth-order valence-electron chi connectivity index (χ4n) is 5.02. The molecule has 31 heavy (non-hydrogen) atoms. The lowest BCUT2D eigenvalue weighted by Gasteiger charge is -2.39. The quantitative estimate of drug-likeness (QED) is 0.754. The minimum absolute atomic E-state index is 0.0661. The maximum absolute atomic E-state index is 13.3. The van der Waals surface area contributed by atoms with Crippen LogP contribution in [0.1, 0.15) is 40.9 Å². The number of hydrogen-bond acceptors (Lipinski definition) is 6. The van der Waals surface area contributed by atoms with E-state index in [0.717, 1.165) is 36.6 Å². The molecule has 9 heteroatoms. The first-order valence-electron chi connectivity index (χ1n) is 10.7. The van der Waals surface area contributed by atoms with Crippen LogP contribution in [0.3, 0.4) is 0 Å². The van der Waals surface area contributed by atoms with Gasteiger partial charge in [0.2, 0.25) is 5.95 Å². The summed E-state index contributed by atoms with van der Waals surface area (Å²) in [6, 6.07) is 3.66. The van der Waals surface area contributed by atoms with Crippen LogP contribution >= 0.6 is 0 Å². The molecule has 5 rings (SSSR count). The number of morpholine rings is 1. The number of piperidine rings is 1. The Bertz CT molecular complexity index is 1070. The van der Waals surface area contributed by atoms with E-state index < -0.39 is 11.6 Å². The van der Waals surface area contributed by atoms with Gasteiger partial charge in [-0.2, -0.15) is 0 Å². The summed E-state index contributed by atoms with van der Waals surface area (Å²) in [5, 5.41) is 9.59. The number of phenols is 1. The molecular weight excluding hydrogens is 403 g/mol. The number of carbonyl (C=O) groups is 1. The van der Waals surface area contributed by atoms with Gasteiger partial charge in [0.15, 0.2) is 11.6 Å². The van der Waals surface area contributed by atoms with Gasteiger partial charge in [0, 0.05) is 42.7 Å². The molecule has 3 aliphatic rings.